The lowest BCUT2D eigenvalue weighted by Crippen LogP contribution is -2.02. The average Bonchev–Trinajstić information content (AvgIpc) is 2.54. The zero-order valence-corrected chi connectivity index (χ0v) is 12.0. The molecule has 0 saturated heterocycles. The van der Waals surface area contributed by atoms with Gasteiger partial charge in [0, 0.05) is 6.08 Å². The van der Waals surface area contributed by atoms with E-state index in [4.69, 9.17) is 9.15 Å². The van der Waals surface area contributed by atoms with Crippen LogP contribution in [0.3, 0.4) is 0 Å². The van der Waals surface area contributed by atoms with Gasteiger partial charge in [-0.15, -0.1) is 0 Å². The molecule has 22 heavy (non-hydrogen) atoms. The number of ether oxygens (including phenoxy) is 1. The van der Waals surface area contributed by atoms with Crippen molar-refractivity contribution in [3.05, 3.63) is 64.3 Å². The highest BCUT2D eigenvalue weighted by Gasteiger charge is 2.07. The fourth-order valence-electron chi connectivity index (χ4n) is 2.28. The largest absolute Gasteiger partial charge is 0.463 e. The average molecular weight is 294 g/mol. The van der Waals surface area contributed by atoms with E-state index in [2.05, 4.69) is 0 Å². The Hall–Kier alpha value is -2.88. The number of carbonyl (C=O) groups excluding carboxylic acids is 1. The van der Waals surface area contributed by atoms with E-state index in [1.54, 1.807) is 49.4 Å². The SMILES string of the molecule is CCOC(=O)C=Cc1ccc2oc3ccccc3c(=O)c2c1. The van der Waals surface area contributed by atoms with Gasteiger partial charge in [0.1, 0.15) is 11.2 Å². The van der Waals surface area contributed by atoms with Gasteiger partial charge < -0.3 is 9.15 Å². The quantitative estimate of drug-likeness (QED) is 0.421. The predicted molar refractivity (Wildman–Crippen MR) is 85.7 cm³/mol. The van der Waals surface area contributed by atoms with E-state index >= 15 is 0 Å². The topological polar surface area (TPSA) is 56.5 Å². The molecule has 0 N–H and O–H groups in total. The van der Waals surface area contributed by atoms with Crippen LogP contribution in [0.2, 0.25) is 0 Å². The number of esters is 1. The number of hydrogen-bond donors (Lipinski definition) is 0. The minimum absolute atomic E-state index is 0.0803. The molecule has 0 aliphatic rings. The molecule has 0 fully saturated rings. The lowest BCUT2D eigenvalue weighted by molar-refractivity contribution is -0.137. The van der Waals surface area contributed by atoms with Crippen LogP contribution in [0.15, 0.2) is 57.8 Å². The van der Waals surface area contributed by atoms with Crippen LogP contribution < -0.4 is 5.43 Å². The van der Waals surface area contributed by atoms with Gasteiger partial charge in [0.2, 0.25) is 5.43 Å². The Morgan fingerprint density at radius 2 is 1.91 bits per heavy atom. The second kappa shape index (κ2) is 5.85. The maximum absolute atomic E-state index is 12.5. The molecule has 1 heterocycles. The second-order valence-electron chi connectivity index (χ2n) is 4.77. The predicted octanol–water partition coefficient (Wildman–Crippen LogP) is 3.52. The monoisotopic (exact) mass is 294 g/mol. The van der Waals surface area contributed by atoms with Crippen molar-refractivity contribution in [2.75, 3.05) is 6.61 Å². The van der Waals surface area contributed by atoms with Crippen LogP contribution >= 0.6 is 0 Å². The maximum Gasteiger partial charge on any atom is 0.330 e. The fraction of sp³-hybridized carbons (Fsp3) is 0.111. The van der Waals surface area contributed by atoms with E-state index in [0.717, 1.165) is 5.56 Å². The van der Waals surface area contributed by atoms with Gasteiger partial charge >= 0.3 is 5.97 Å². The van der Waals surface area contributed by atoms with Crippen LogP contribution in [0.4, 0.5) is 0 Å². The van der Waals surface area contributed by atoms with E-state index in [0.29, 0.717) is 28.5 Å². The van der Waals surface area contributed by atoms with Crippen LogP contribution in [0, 0.1) is 0 Å². The smallest absolute Gasteiger partial charge is 0.330 e. The third-order valence-corrected chi connectivity index (χ3v) is 3.30. The molecule has 3 rings (SSSR count). The fourth-order valence-corrected chi connectivity index (χ4v) is 2.28. The Morgan fingerprint density at radius 3 is 2.73 bits per heavy atom. The summed E-state index contributed by atoms with van der Waals surface area (Å²) in [6, 6.07) is 12.4. The Balaban J connectivity index is 2.10. The second-order valence-corrected chi connectivity index (χ2v) is 4.77. The first-order valence-electron chi connectivity index (χ1n) is 6.99. The highest BCUT2D eigenvalue weighted by Crippen LogP contribution is 2.19. The summed E-state index contributed by atoms with van der Waals surface area (Å²) in [6.45, 7) is 2.08. The normalized spacial score (nSPS) is 11.3. The third-order valence-electron chi connectivity index (χ3n) is 3.30. The summed E-state index contributed by atoms with van der Waals surface area (Å²) in [5.41, 5.74) is 1.75. The van der Waals surface area contributed by atoms with Gasteiger partial charge in [-0.25, -0.2) is 4.79 Å². The Morgan fingerprint density at radius 1 is 1.14 bits per heavy atom. The van der Waals surface area contributed by atoms with Crippen LogP contribution in [-0.4, -0.2) is 12.6 Å². The van der Waals surface area contributed by atoms with E-state index in [-0.39, 0.29) is 5.43 Å². The highest BCUT2D eigenvalue weighted by molar-refractivity contribution is 5.92. The van der Waals surface area contributed by atoms with E-state index in [9.17, 15) is 9.59 Å². The molecule has 0 bridgehead atoms. The molecule has 0 saturated carbocycles. The third kappa shape index (κ3) is 2.63. The summed E-state index contributed by atoms with van der Waals surface area (Å²) in [4.78, 5) is 23.8. The molecule has 3 aromatic rings. The van der Waals surface area contributed by atoms with Gasteiger partial charge in [0.15, 0.2) is 0 Å². The molecule has 0 spiro atoms. The van der Waals surface area contributed by atoms with Crippen LogP contribution in [0.25, 0.3) is 28.0 Å². The Labute approximate surface area is 126 Å². The highest BCUT2D eigenvalue weighted by atomic mass is 16.5. The van der Waals surface area contributed by atoms with Gasteiger partial charge in [-0.05, 0) is 42.8 Å². The van der Waals surface area contributed by atoms with E-state index in [1.165, 1.54) is 6.08 Å². The first-order chi connectivity index (χ1) is 10.7. The van der Waals surface area contributed by atoms with Gasteiger partial charge in [-0.1, -0.05) is 18.2 Å². The van der Waals surface area contributed by atoms with Crippen molar-refractivity contribution >= 4 is 34.0 Å². The number of para-hydroxylation sites is 1. The van der Waals surface area contributed by atoms with Crippen molar-refractivity contribution in [2.24, 2.45) is 0 Å². The minimum atomic E-state index is -0.409. The molecule has 0 aliphatic carbocycles. The molecule has 4 heteroatoms. The lowest BCUT2D eigenvalue weighted by Gasteiger charge is -2.02. The summed E-state index contributed by atoms with van der Waals surface area (Å²) in [6.07, 6.45) is 2.96. The molecule has 1 aromatic heterocycles. The number of hydrogen-bond acceptors (Lipinski definition) is 4. The summed E-state index contributed by atoms with van der Waals surface area (Å²) in [5, 5.41) is 1.03. The molecular weight excluding hydrogens is 280 g/mol. The molecular formula is C18H14O4. The Kier molecular flexibility index (Phi) is 3.74. The van der Waals surface area contributed by atoms with Crippen molar-refractivity contribution in [2.45, 2.75) is 6.92 Å². The number of rotatable bonds is 3. The van der Waals surface area contributed by atoms with Crippen molar-refractivity contribution in [1.29, 1.82) is 0 Å². The van der Waals surface area contributed by atoms with Crippen LogP contribution in [0.5, 0.6) is 0 Å². The number of carbonyl (C=O) groups is 1. The van der Waals surface area contributed by atoms with Crippen molar-refractivity contribution in [3.8, 4) is 0 Å². The van der Waals surface area contributed by atoms with Crippen molar-refractivity contribution in [3.63, 3.8) is 0 Å². The number of fused-ring (bicyclic) bond motifs is 2. The molecule has 0 radical (unpaired) electrons. The molecule has 110 valence electrons. The summed E-state index contributed by atoms with van der Waals surface area (Å²) in [7, 11) is 0. The molecule has 0 amide bonds. The van der Waals surface area contributed by atoms with Crippen LogP contribution in [0.1, 0.15) is 12.5 Å². The van der Waals surface area contributed by atoms with Gasteiger partial charge in [-0.2, -0.15) is 0 Å². The minimum Gasteiger partial charge on any atom is -0.463 e. The van der Waals surface area contributed by atoms with Crippen molar-refractivity contribution in [1.82, 2.24) is 0 Å². The molecule has 2 aromatic carbocycles. The first kappa shape index (κ1) is 14.1. The lowest BCUT2D eigenvalue weighted by atomic mass is 10.1. The van der Waals surface area contributed by atoms with E-state index in [1.807, 2.05) is 6.07 Å². The molecule has 4 nitrogen and oxygen atoms in total. The zero-order valence-electron chi connectivity index (χ0n) is 12.0. The summed E-state index contributed by atoms with van der Waals surface area (Å²) >= 11 is 0. The van der Waals surface area contributed by atoms with Gasteiger partial charge in [0.05, 0.1) is 17.4 Å². The van der Waals surface area contributed by atoms with Gasteiger partial charge in [0.25, 0.3) is 0 Å². The Bertz CT molecular complexity index is 935. The van der Waals surface area contributed by atoms with E-state index < -0.39 is 5.97 Å². The summed E-state index contributed by atoms with van der Waals surface area (Å²) in [5.74, 6) is -0.409. The standard InChI is InChI=1S/C18H14O4/c1-2-21-17(19)10-8-12-7-9-16-14(11-12)18(20)13-5-3-4-6-15(13)22-16/h3-11H,2H2,1H3. The maximum atomic E-state index is 12.5. The zero-order chi connectivity index (χ0) is 15.5. The summed E-state index contributed by atoms with van der Waals surface area (Å²) < 4.78 is 10.6. The molecule has 0 aliphatic heterocycles. The van der Waals surface area contributed by atoms with Gasteiger partial charge in [-0.3, -0.25) is 4.79 Å². The number of benzene rings is 2. The molecule has 0 atom stereocenters. The van der Waals surface area contributed by atoms with Crippen molar-refractivity contribution < 1.29 is 13.9 Å². The molecule has 0 unspecified atom stereocenters. The first-order valence-corrected chi connectivity index (χ1v) is 6.99. The van der Waals surface area contributed by atoms with Crippen LogP contribution in [-0.2, 0) is 9.53 Å².